The van der Waals surface area contributed by atoms with E-state index in [1.165, 1.54) is 11.3 Å². The molecule has 74 valence electrons. The standard InChI is InChI=1S/C5H8N2O3S3/c1-4-7(6-5(11)12-4)2-3-13(8,9)10/h2-3H2,1H3,(H-,6,8,9,10,11)/p+1. The first-order valence-electron chi connectivity index (χ1n) is 3.43. The number of aromatic nitrogens is 2. The maximum Gasteiger partial charge on any atom is 0.271 e. The highest BCUT2D eigenvalue weighted by atomic mass is 32.2. The van der Waals surface area contributed by atoms with Crippen molar-refractivity contribution in [2.75, 3.05) is 5.75 Å². The van der Waals surface area contributed by atoms with E-state index in [1.807, 2.05) is 6.92 Å². The van der Waals surface area contributed by atoms with Crippen molar-refractivity contribution in [3.63, 3.8) is 0 Å². The number of H-pyrrole nitrogens is 1. The van der Waals surface area contributed by atoms with Crippen LogP contribution in [0.3, 0.4) is 0 Å². The van der Waals surface area contributed by atoms with E-state index in [4.69, 9.17) is 16.8 Å². The number of hydrogen-bond acceptors (Lipinski definition) is 4. The van der Waals surface area contributed by atoms with E-state index in [1.54, 1.807) is 4.68 Å². The molecular weight excluding hydrogens is 232 g/mol. The number of aryl methyl sites for hydroxylation is 2. The topological polar surface area (TPSA) is 74.0 Å². The molecule has 1 aromatic rings. The molecule has 1 aromatic heterocycles. The zero-order valence-electron chi connectivity index (χ0n) is 6.85. The second-order valence-electron chi connectivity index (χ2n) is 2.46. The molecule has 0 saturated heterocycles. The molecule has 1 heterocycles. The smallest absolute Gasteiger partial charge is 0.271 e. The van der Waals surface area contributed by atoms with Gasteiger partial charge in [0, 0.05) is 6.92 Å². The summed E-state index contributed by atoms with van der Waals surface area (Å²) in [5.74, 6) is -0.305. The Balaban J connectivity index is 2.76. The molecule has 0 amide bonds. The van der Waals surface area contributed by atoms with E-state index in [0.717, 1.165) is 5.01 Å². The van der Waals surface area contributed by atoms with Crippen LogP contribution in [-0.4, -0.2) is 23.8 Å². The first-order chi connectivity index (χ1) is 5.88. The highest BCUT2D eigenvalue weighted by molar-refractivity contribution is 7.85. The monoisotopic (exact) mass is 241 g/mol. The minimum atomic E-state index is -3.90. The summed E-state index contributed by atoms with van der Waals surface area (Å²) in [4.78, 5) is 0. The number of nitrogens with zero attached hydrogens (tertiary/aromatic N) is 1. The van der Waals surface area contributed by atoms with Gasteiger partial charge in [0.25, 0.3) is 15.1 Å². The van der Waals surface area contributed by atoms with Crippen LogP contribution in [-0.2, 0) is 16.7 Å². The Labute approximate surface area is 84.8 Å². The second-order valence-corrected chi connectivity index (χ2v) is 5.90. The summed E-state index contributed by atoms with van der Waals surface area (Å²) in [6.07, 6.45) is 0. The molecule has 0 aliphatic rings. The lowest BCUT2D eigenvalue weighted by molar-refractivity contribution is -0.750. The van der Waals surface area contributed by atoms with Crippen LogP contribution in [0.25, 0.3) is 0 Å². The predicted molar refractivity (Wildman–Crippen MR) is 50.9 cm³/mol. The number of aromatic amines is 1. The minimum Gasteiger partial charge on any atom is -0.285 e. The second kappa shape index (κ2) is 3.82. The maximum atomic E-state index is 10.4. The van der Waals surface area contributed by atoms with Gasteiger partial charge in [0.05, 0.1) is 0 Å². The van der Waals surface area contributed by atoms with Gasteiger partial charge in [-0.05, 0) is 23.6 Å². The molecule has 1 rings (SSSR count). The lowest BCUT2D eigenvalue weighted by atomic mass is 10.7. The Morgan fingerprint density at radius 1 is 1.69 bits per heavy atom. The van der Waals surface area contributed by atoms with E-state index in [-0.39, 0.29) is 12.3 Å². The van der Waals surface area contributed by atoms with Crippen LogP contribution in [0, 0.1) is 10.9 Å². The average Bonchev–Trinajstić information content (AvgIpc) is 2.24. The summed E-state index contributed by atoms with van der Waals surface area (Å²) in [5.41, 5.74) is 0. The van der Waals surface area contributed by atoms with Crippen LogP contribution >= 0.6 is 23.6 Å². The fourth-order valence-electron chi connectivity index (χ4n) is 0.821. The molecule has 0 aromatic carbocycles. The third-order valence-electron chi connectivity index (χ3n) is 1.42. The third-order valence-corrected chi connectivity index (χ3v) is 3.25. The lowest BCUT2D eigenvalue weighted by Crippen LogP contribution is -2.41. The summed E-state index contributed by atoms with van der Waals surface area (Å²) < 4.78 is 31.5. The van der Waals surface area contributed by atoms with E-state index in [0.29, 0.717) is 3.95 Å². The predicted octanol–water partition coefficient (Wildman–Crippen LogP) is 0.289. The van der Waals surface area contributed by atoms with Crippen LogP contribution in [0.2, 0.25) is 0 Å². The van der Waals surface area contributed by atoms with Crippen LogP contribution in [0.15, 0.2) is 0 Å². The highest BCUT2D eigenvalue weighted by Crippen LogP contribution is 1.99. The van der Waals surface area contributed by atoms with Gasteiger partial charge in [-0.3, -0.25) is 4.55 Å². The number of nitrogens with one attached hydrogen (secondary N) is 1. The zero-order valence-corrected chi connectivity index (χ0v) is 9.30. The van der Waals surface area contributed by atoms with Gasteiger partial charge in [-0.25, -0.2) is 0 Å². The van der Waals surface area contributed by atoms with Gasteiger partial charge in [-0.2, -0.15) is 8.42 Å². The minimum absolute atomic E-state index is 0.192. The Morgan fingerprint density at radius 2 is 2.31 bits per heavy atom. The lowest BCUT2D eigenvalue weighted by Gasteiger charge is -1.91. The van der Waals surface area contributed by atoms with Crippen LogP contribution in [0.1, 0.15) is 5.01 Å². The summed E-state index contributed by atoms with van der Waals surface area (Å²) in [6, 6.07) is 0. The van der Waals surface area contributed by atoms with Crippen molar-refractivity contribution in [2.45, 2.75) is 13.5 Å². The Hall–Kier alpha value is -0.310. The molecular formula is C5H9N2O3S3+. The van der Waals surface area contributed by atoms with Crippen molar-refractivity contribution in [1.82, 2.24) is 5.10 Å². The summed E-state index contributed by atoms with van der Waals surface area (Å²) >= 11 is 6.22. The van der Waals surface area contributed by atoms with Gasteiger partial charge in [-0.1, -0.05) is 0 Å². The Bertz CT molecular complexity index is 444. The molecule has 5 nitrogen and oxygen atoms in total. The molecule has 0 fully saturated rings. The summed E-state index contributed by atoms with van der Waals surface area (Å²) in [6.45, 7) is 2.01. The molecule has 0 saturated carbocycles. The molecule has 0 aliphatic carbocycles. The van der Waals surface area contributed by atoms with Crippen LogP contribution < -0.4 is 4.68 Å². The van der Waals surface area contributed by atoms with E-state index in [2.05, 4.69) is 5.10 Å². The molecule has 8 heteroatoms. The quantitative estimate of drug-likeness (QED) is 0.453. The molecule has 13 heavy (non-hydrogen) atoms. The summed E-state index contributed by atoms with van der Waals surface area (Å²) in [7, 11) is -3.90. The van der Waals surface area contributed by atoms with Gasteiger partial charge in [0.15, 0.2) is 6.54 Å². The van der Waals surface area contributed by atoms with E-state index >= 15 is 0 Å². The van der Waals surface area contributed by atoms with Crippen LogP contribution in [0.4, 0.5) is 0 Å². The van der Waals surface area contributed by atoms with Gasteiger partial charge in [0.1, 0.15) is 5.75 Å². The number of hydrogen-bond donors (Lipinski definition) is 2. The largest absolute Gasteiger partial charge is 0.285 e. The first-order valence-corrected chi connectivity index (χ1v) is 6.26. The Kier molecular flexibility index (Phi) is 3.17. The molecule has 0 spiro atoms. The molecule has 0 atom stereocenters. The fourth-order valence-corrected chi connectivity index (χ4v) is 2.38. The average molecular weight is 241 g/mol. The molecule has 0 bridgehead atoms. The zero-order chi connectivity index (χ0) is 10.1. The van der Waals surface area contributed by atoms with Crippen molar-refractivity contribution in [3.8, 4) is 0 Å². The van der Waals surface area contributed by atoms with Crippen molar-refractivity contribution in [1.29, 1.82) is 0 Å². The van der Waals surface area contributed by atoms with E-state index < -0.39 is 10.1 Å². The molecule has 2 N–H and O–H groups in total. The highest BCUT2D eigenvalue weighted by Gasteiger charge is 2.14. The van der Waals surface area contributed by atoms with Gasteiger partial charge in [0.2, 0.25) is 3.95 Å². The van der Waals surface area contributed by atoms with Gasteiger partial charge < -0.3 is 0 Å². The van der Waals surface area contributed by atoms with Crippen molar-refractivity contribution in [2.24, 2.45) is 0 Å². The van der Waals surface area contributed by atoms with Gasteiger partial charge in [-0.15, -0.1) is 9.78 Å². The fraction of sp³-hybridized carbons (Fsp3) is 0.600. The molecule has 0 unspecified atom stereocenters. The van der Waals surface area contributed by atoms with Gasteiger partial charge >= 0.3 is 0 Å². The summed E-state index contributed by atoms with van der Waals surface area (Å²) in [5, 5.41) is 3.67. The molecule has 0 aliphatic heterocycles. The van der Waals surface area contributed by atoms with Crippen LogP contribution in [0.5, 0.6) is 0 Å². The third kappa shape index (κ3) is 3.51. The van der Waals surface area contributed by atoms with E-state index in [9.17, 15) is 8.42 Å². The van der Waals surface area contributed by atoms with Crippen molar-refractivity contribution in [3.05, 3.63) is 8.96 Å². The normalized spacial score (nSPS) is 11.8. The first kappa shape index (κ1) is 10.8. The maximum absolute atomic E-state index is 10.4. The van der Waals surface area contributed by atoms with Crippen molar-refractivity contribution < 1.29 is 17.7 Å². The molecule has 0 radical (unpaired) electrons. The Morgan fingerprint density at radius 3 is 2.69 bits per heavy atom. The van der Waals surface area contributed by atoms with Crippen molar-refractivity contribution >= 4 is 33.7 Å². The SMILES string of the molecule is Cc1sc(=S)[nH][n+]1CCS(=O)(=O)O. The number of rotatable bonds is 3.